The smallest absolute Gasteiger partial charge is 0.123 e. The number of rotatable bonds is 5. The van der Waals surface area contributed by atoms with E-state index >= 15 is 0 Å². The summed E-state index contributed by atoms with van der Waals surface area (Å²) < 4.78 is 13.3. The summed E-state index contributed by atoms with van der Waals surface area (Å²) in [6, 6.07) is 7.40. The topological polar surface area (TPSA) is 38.0 Å². The molecule has 106 valence electrons. The lowest BCUT2D eigenvalue weighted by Crippen LogP contribution is -2.54. The zero-order chi connectivity index (χ0) is 13.7. The molecule has 3 heteroatoms. The first-order valence-electron chi connectivity index (χ1n) is 7.33. The summed E-state index contributed by atoms with van der Waals surface area (Å²) in [5, 5.41) is 3.70. The van der Waals surface area contributed by atoms with Gasteiger partial charge in [0.1, 0.15) is 5.82 Å². The largest absolute Gasteiger partial charge is 0.329 e. The van der Waals surface area contributed by atoms with Gasteiger partial charge in [-0.1, -0.05) is 31.4 Å². The van der Waals surface area contributed by atoms with Gasteiger partial charge in [-0.2, -0.15) is 0 Å². The van der Waals surface area contributed by atoms with E-state index in [4.69, 9.17) is 5.73 Å². The third kappa shape index (κ3) is 4.29. The first-order valence-corrected chi connectivity index (χ1v) is 7.33. The van der Waals surface area contributed by atoms with Crippen LogP contribution in [0.5, 0.6) is 0 Å². The molecule has 2 rings (SSSR count). The molecule has 0 bridgehead atoms. The Kier molecular flexibility index (Phi) is 4.94. The van der Waals surface area contributed by atoms with Crippen LogP contribution in [0.15, 0.2) is 24.3 Å². The maximum Gasteiger partial charge on any atom is 0.123 e. The van der Waals surface area contributed by atoms with Gasteiger partial charge in [0.25, 0.3) is 0 Å². The summed E-state index contributed by atoms with van der Waals surface area (Å²) in [6.07, 6.45) is 7.20. The van der Waals surface area contributed by atoms with Crippen molar-refractivity contribution in [1.29, 1.82) is 0 Å². The van der Waals surface area contributed by atoms with Gasteiger partial charge in [0.05, 0.1) is 0 Å². The standard InChI is InChI=1S/C16H25FN2/c1-16(12-18,19-15-8-3-2-4-9-15)11-13-6-5-7-14(17)10-13/h5-7,10,15,19H,2-4,8-9,11-12,18H2,1H3. The van der Waals surface area contributed by atoms with Crippen molar-refractivity contribution in [3.8, 4) is 0 Å². The Bertz CT molecular complexity index is 401. The molecular formula is C16H25FN2. The highest BCUT2D eigenvalue weighted by Crippen LogP contribution is 2.21. The number of hydrogen-bond donors (Lipinski definition) is 2. The van der Waals surface area contributed by atoms with Gasteiger partial charge in [0, 0.05) is 18.1 Å². The van der Waals surface area contributed by atoms with Crippen LogP contribution >= 0.6 is 0 Å². The highest BCUT2D eigenvalue weighted by Gasteiger charge is 2.27. The molecule has 0 heterocycles. The maximum atomic E-state index is 13.3. The SMILES string of the molecule is CC(CN)(Cc1cccc(F)c1)NC1CCCCC1. The van der Waals surface area contributed by atoms with Crippen LogP contribution in [0.3, 0.4) is 0 Å². The van der Waals surface area contributed by atoms with Crippen LogP contribution in [-0.2, 0) is 6.42 Å². The van der Waals surface area contributed by atoms with Gasteiger partial charge in [-0.15, -0.1) is 0 Å². The van der Waals surface area contributed by atoms with Crippen molar-refractivity contribution in [3.63, 3.8) is 0 Å². The molecule has 0 spiro atoms. The molecule has 0 amide bonds. The molecule has 1 saturated carbocycles. The molecule has 3 N–H and O–H groups in total. The molecule has 1 fully saturated rings. The second kappa shape index (κ2) is 6.49. The minimum absolute atomic E-state index is 0.143. The number of hydrogen-bond acceptors (Lipinski definition) is 2. The molecule has 0 radical (unpaired) electrons. The van der Waals surface area contributed by atoms with Crippen LogP contribution in [0.4, 0.5) is 4.39 Å². The molecule has 1 unspecified atom stereocenters. The lowest BCUT2D eigenvalue weighted by Gasteiger charge is -2.36. The molecule has 0 saturated heterocycles. The molecule has 1 aromatic rings. The minimum Gasteiger partial charge on any atom is -0.329 e. The van der Waals surface area contributed by atoms with Crippen molar-refractivity contribution in [3.05, 3.63) is 35.6 Å². The summed E-state index contributed by atoms with van der Waals surface area (Å²) in [6.45, 7) is 2.71. The number of nitrogens with one attached hydrogen (secondary N) is 1. The summed E-state index contributed by atoms with van der Waals surface area (Å²) in [7, 11) is 0. The normalized spacial score (nSPS) is 20.2. The quantitative estimate of drug-likeness (QED) is 0.858. The second-order valence-electron chi connectivity index (χ2n) is 6.05. The second-order valence-corrected chi connectivity index (χ2v) is 6.05. The molecule has 1 aromatic carbocycles. The van der Waals surface area contributed by atoms with Gasteiger partial charge >= 0.3 is 0 Å². The molecule has 2 nitrogen and oxygen atoms in total. The van der Waals surface area contributed by atoms with Crippen LogP contribution in [0.2, 0.25) is 0 Å². The van der Waals surface area contributed by atoms with E-state index in [0.717, 1.165) is 12.0 Å². The summed E-state index contributed by atoms with van der Waals surface area (Å²) in [4.78, 5) is 0. The fourth-order valence-corrected chi connectivity index (χ4v) is 3.02. The van der Waals surface area contributed by atoms with E-state index in [2.05, 4.69) is 12.2 Å². The Morgan fingerprint density at radius 2 is 2.05 bits per heavy atom. The van der Waals surface area contributed by atoms with Crippen molar-refractivity contribution >= 4 is 0 Å². The van der Waals surface area contributed by atoms with E-state index in [9.17, 15) is 4.39 Å². The van der Waals surface area contributed by atoms with Gasteiger partial charge in [-0.25, -0.2) is 4.39 Å². The fourth-order valence-electron chi connectivity index (χ4n) is 3.02. The molecule has 1 atom stereocenters. The molecule has 1 aliphatic carbocycles. The van der Waals surface area contributed by atoms with E-state index in [-0.39, 0.29) is 11.4 Å². The average molecular weight is 264 g/mol. The molecule has 1 aliphatic rings. The Balaban J connectivity index is 2.00. The predicted octanol–water partition coefficient (Wildman–Crippen LogP) is 3.01. The molecule has 0 aromatic heterocycles. The van der Waals surface area contributed by atoms with Crippen LogP contribution in [0.1, 0.15) is 44.6 Å². The Hall–Kier alpha value is -0.930. The first kappa shape index (κ1) is 14.5. The number of benzene rings is 1. The monoisotopic (exact) mass is 264 g/mol. The van der Waals surface area contributed by atoms with Crippen LogP contribution in [0, 0.1) is 5.82 Å². The van der Waals surface area contributed by atoms with E-state index in [1.807, 2.05) is 6.07 Å². The van der Waals surface area contributed by atoms with E-state index in [1.54, 1.807) is 12.1 Å². The van der Waals surface area contributed by atoms with Crippen molar-refractivity contribution in [1.82, 2.24) is 5.32 Å². The van der Waals surface area contributed by atoms with Crippen molar-refractivity contribution in [2.45, 2.75) is 57.0 Å². The zero-order valence-corrected chi connectivity index (χ0v) is 11.8. The van der Waals surface area contributed by atoms with Crippen molar-refractivity contribution < 1.29 is 4.39 Å². The van der Waals surface area contributed by atoms with Gasteiger partial charge in [-0.05, 0) is 43.9 Å². The van der Waals surface area contributed by atoms with Crippen molar-refractivity contribution in [2.75, 3.05) is 6.54 Å². The summed E-state index contributed by atoms with van der Waals surface area (Å²) in [5.41, 5.74) is 6.82. The lowest BCUT2D eigenvalue weighted by molar-refractivity contribution is 0.266. The summed E-state index contributed by atoms with van der Waals surface area (Å²) in [5.74, 6) is -0.172. The molecule has 19 heavy (non-hydrogen) atoms. The van der Waals surface area contributed by atoms with Gasteiger partial charge in [0.15, 0.2) is 0 Å². The summed E-state index contributed by atoms with van der Waals surface area (Å²) >= 11 is 0. The lowest BCUT2D eigenvalue weighted by atomic mass is 9.88. The highest BCUT2D eigenvalue weighted by molar-refractivity contribution is 5.19. The van der Waals surface area contributed by atoms with Crippen molar-refractivity contribution in [2.24, 2.45) is 5.73 Å². The maximum absolute atomic E-state index is 13.3. The molecule has 0 aliphatic heterocycles. The minimum atomic E-state index is -0.172. The Morgan fingerprint density at radius 3 is 2.68 bits per heavy atom. The third-order valence-electron chi connectivity index (χ3n) is 4.09. The van der Waals surface area contributed by atoms with Gasteiger partial charge in [0.2, 0.25) is 0 Å². The predicted molar refractivity (Wildman–Crippen MR) is 77.6 cm³/mol. The van der Waals surface area contributed by atoms with Crippen LogP contribution in [0.25, 0.3) is 0 Å². The average Bonchev–Trinajstić information content (AvgIpc) is 2.40. The first-order chi connectivity index (χ1) is 9.11. The van der Waals surface area contributed by atoms with E-state index in [0.29, 0.717) is 12.6 Å². The molecular weight excluding hydrogens is 239 g/mol. The van der Waals surface area contributed by atoms with Crippen LogP contribution < -0.4 is 11.1 Å². The number of nitrogens with two attached hydrogens (primary N) is 1. The third-order valence-corrected chi connectivity index (χ3v) is 4.09. The Labute approximate surface area is 115 Å². The van der Waals surface area contributed by atoms with Gasteiger partial charge < -0.3 is 11.1 Å². The van der Waals surface area contributed by atoms with Crippen LogP contribution in [-0.4, -0.2) is 18.1 Å². The van der Waals surface area contributed by atoms with E-state index in [1.165, 1.54) is 38.2 Å². The van der Waals surface area contributed by atoms with E-state index < -0.39 is 0 Å². The zero-order valence-electron chi connectivity index (χ0n) is 11.8. The Morgan fingerprint density at radius 1 is 1.32 bits per heavy atom. The fraction of sp³-hybridized carbons (Fsp3) is 0.625. The van der Waals surface area contributed by atoms with Gasteiger partial charge in [-0.3, -0.25) is 0 Å². The highest BCUT2D eigenvalue weighted by atomic mass is 19.1. The number of halogens is 1.